The van der Waals surface area contributed by atoms with Crippen LogP contribution in [0.15, 0.2) is 36.8 Å². The van der Waals surface area contributed by atoms with Crippen LogP contribution in [0.4, 0.5) is 24.8 Å². The lowest BCUT2D eigenvalue weighted by molar-refractivity contribution is -0.141. The molecule has 1 aliphatic heterocycles. The van der Waals surface area contributed by atoms with Crippen LogP contribution >= 0.6 is 0 Å². The monoisotopic (exact) mass is 508 g/mol. The number of unbranched alkanes of at least 4 members (excludes halogenated alkanes) is 1. The van der Waals surface area contributed by atoms with E-state index in [0.717, 1.165) is 30.2 Å². The Balaban J connectivity index is 1.50. The maximum Gasteiger partial charge on any atom is 0.433 e. The number of imidazole rings is 1. The Morgan fingerprint density at radius 1 is 1.19 bits per heavy atom. The third-order valence-corrected chi connectivity index (χ3v) is 6.99. The van der Waals surface area contributed by atoms with Crippen molar-refractivity contribution in [1.29, 1.82) is 0 Å². The summed E-state index contributed by atoms with van der Waals surface area (Å²) in [6.07, 6.45) is 4.48. The van der Waals surface area contributed by atoms with E-state index < -0.39 is 23.2 Å². The molecule has 0 aromatic carbocycles. The van der Waals surface area contributed by atoms with Gasteiger partial charge in [0.2, 0.25) is 5.91 Å². The minimum Gasteiger partial charge on any atom is -0.383 e. The van der Waals surface area contributed by atoms with Crippen molar-refractivity contribution >= 4 is 23.2 Å². The molecule has 12 heteroatoms. The lowest BCUT2D eigenvalue weighted by atomic mass is 9.74. The van der Waals surface area contributed by atoms with E-state index in [9.17, 15) is 18.0 Å². The van der Waals surface area contributed by atoms with Crippen LogP contribution in [0.25, 0.3) is 17.2 Å². The predicted molar refractivity (Wildman–Crippen MR) is 128 cm³/mol. The molecule has 0 bridgehead atoms. The van der Waals surface area contributed by atoms with Gasteiger partial charge < -0.3 is 15.5 Å². The van der Waals surface area contributed by atoms with Gasteiger partial charge in [-0.1, -0.05) is 19.4 Å². The molecule has 2 aliphatic rings. The Kier molecular flexibility index (Phi) is 5.18. The van der Waals surface area contributed by atoms with Crippen LogP contribution in [0.1, 0.15) is 55.3 Å². The molecule has 6 rings (SSSR count). The summed E-state index contributed by atoms with van der Waals surface area (Å²) in [6.45, 7) is 2.09. The fourth-order valence-electron chi connectivity index (χ4n) is 5.18. The SMILES string of the molecule is CCCCc1nc(-c2nc(N)c3c(n2)NC(=O)C3(c2cccc(C(F)(F)F)n2)C2CC2)cn2ccnc12. The van der Waals surface area contributed by atoms with Gasteiger partial charge in [-0.25, -0.2) is 24.9 Å². The summed E-state index contributed by atoms with van der Waals surface area (Å²) in [5.41, 5.74) is 6.11. The molecule has 1 fully saturated rings. The average molecular weight is 509 g/mol. The normalized spacial score (nSPS) is 19.3. The van der Waals surface area contributed by atoms with Gasteiger partial charge in [-0.2, -0.15) is 13.2 Å². The number of nitrogens with one attached hydrogen (secondary N) is 1. The minimum atomic E-state index is -4.66. The van der Waals surface area contributed by atoms with Gasteiger partial charge in [0.05, 0.1) is 17.0 Å². The van der Waals surface area contributed by atoms with E-state index in [0.29, 0.717) is 25.0 Å². The number of aryl methyl sites for hydroxylation is 1. The second kappa shape index (κ2) is 8.22. The molecule has 0 radical (unpaired) electrons. The topological polar surface area (TPSA) is 124 Å². The number of nitrogens with zero attached hydrogens (tertiary/aromatic N) is 6. The molecule has 9 nitrogen and oxygen atoms in total. The molecule has 5 heterocycles. The van der Waals surface area contributed by atoms with Gasteiger partial charge in [-0.3, -0.25) is 4.79 Å². The van der Waals surface area contributed by atoms with E-state index in [-0.39, 0.29) is 34.6 Å². The quantitative estimate of drug-likeness (QED) is 0.401. The summed E-state index contributed by atoms with van der Waals surface area (Å²) in [5, 5.41) is 2.76. The zero-order valence-corrected chi connectivity index (χ0v) is 19.9. The first-order chi connectivity index (χ1) is 17.7. The molecule has 190 valence electrons. The third-order valence-electron chi connectivity index (χ3n) is 6.99. The van der Waals surface area contributed by atoms with Crippen LogP contribution in [0.3, 0.4) is 0 Å². The highest BCUT2D eigenvalue weighted by atomic mass is 19.4. The summed E-state index contributed by atoms with van der Waals surface area (Å²) < 4.78 is 42.3. The Labute approximate surface area is 209 Å². The number of amides is 1. The van der Waals surface area contributed by atoms with E-state index in [1.54, 1.807) is 18.6 Å². The number of halogens is 3. The van der Waals surface area contributed by atoms with Crippen LogP contribution in [-0.4, -0.2) is 35.2 Å². The number of alkyl halides is 3. The lowest BCUT2D eigenvalue weighted by Gasteiger charge is -2.28. The Hall–Kier alpha value is -4.09. The predicted octanol–water partition coefficient (Wildman–Crippen LogP) is 4.17. The highest BCUT2D eigenvalue weighted by Crippen LogP contribution is 2.57. The number of aromatic nitrogens is 6. The van der Waals surface area contributed by atoms with Crippen LogP contribution in [0.2, 0.25) is 0 Å². The molecule has 1 aliphatic carbocycles. The highest BCUT2D eigenvalue weighted by Gasteiger charge is 2.60. The molecule has 37 heavy (non-hydrogen) atoms. The number of carbonyl (C=O) groups excluding carboxylic acids is 1. The number of hydrogen-bond acceptors (Lipinski definition) is 7. The summed E-state index contributed by atoms with van der Waals surface area (Å²) in [7, 11) is 0. The smallest absolute Gasteiger partial charge is 0.383 e. The molecule has 0 spiro atoms. The van der Waals surface area contributed by atoms with Crippen molar-refractivity contribution in [2.45, 2.75) is 50.6 Å². The molecule has 3 N–H and O–H groups in total. The summed E-state index contributed by atoms with van der Waals surface area (Å²) >= 11 is 0. The Morgan fingerprint density at radius 3 is 2.73 bits per heavy atom. The molecule has 1 unspecified atom stereocenters. The van der Waals surface area contributed by atoms with E-state index in [2.05, 4.69) is 32.2 Å². The first kappa shape index (κ1) is 23.3. The van der Waals surface area contributed by atoms with Crippen molar-refractivity contribution in [3.8, 4) is 11.5 Å². The van der Waals surface area contributed by atoms with Gasteiger partial charge in [0.25, 0.3) is 0 Å². The molecule has 1 atom stereocenters. The molecular weight excluding hydrogens is 485 g/mol. The number of anilines is 2. The lowest BCUT2D eigenvalue weighted by Crippen LogP contribution is -2.40. The number of rotatable bonds is 6. The summed E-state index contributed by atoms with van der Waals surface area (Å²) in [6, 6.07) is 3.58. The van der Waals surface area contributed by atoms with Crippen molar-refractivity contribution in [1.82, 2.24) is 29.3 Å². The van der Waals surface area contributed by atoms with Gasteiger partial charge in [0, 0.05) is 18.6 Å². The van der Waals surface area contributed by atoms with E-state index in [1.807, 2.05) is 4.40 Å². The number of nitrogens with two attached hydrogens (primary N) is 1. The fraction of sp³-hybridized carbons (Fsp3) is 0.360. The maximum absolute atomic E-state index is 13.5. The second-order valence-corrected chi connectivity index (χ2v) is 9.43. The average Bonchev–Trinajstić information content (AvgIpc) is 3.51. The van der Waals surface area contributed by atoms with Gasteiger partial charge >= 0.3 is 6.18 Å². The van der Waals surface area contributed by atoms with Crippen molar-refractivity contribution < 1.29 is 18.0 Å². The molecule has 0 saturated heterocycles. The molecule has 1 amide bonds. The maximum atomic E-state index is 13.5. The zero-order valence-electron chi connectivity index (χ0n) is 19.9. The number of nitrogen functional groups attached to an aromatic ring is 1. The largest absolute Gasteiger partial charge is 0.433 e. The zero-order chi connectivity index (χ0) is 25.9. The number of fused-ring (bicyclic) bond motifs is 2. The second-order valence-electron chi connectivity index (χ2n) is 9.43. The summed E-state index contributed by atoms with van der Waals surface area (Å²) in [4.78, 5) is 35.6. The van der Waals surface area contributed by atoms with Crippen molar-refractivity contribution in [3.63, 3.8) is 0 Å². The van der Waals surface area contributed by atoms with Crippen LogP contribution in [-0.2, 0) is 22.8 Å². The number of carbonyl (C=O) groups is 1. The molecule has 1 saturated carbocycles. The molecular formula is C25H23F3N8O. The third kappa shape index (κ3) is 3.61. The van der Waals surface area contributed by atoms with Gasteiger partial charge in [0.15, 0.2) is 11.5 Å². The van der Waals surface area contributed by atoms with Crippen molar-refractivity contribution in [2.75, 3.05) is 11.1 Å². The van der Waals surface area contributed by atoms with E-state index >= 15 is 0 Å². The summed E-state index contributed by atoms with van der Waals surface area (Å²) in [5.74, 6) is -0.388. The number of hydrogen-bond donors (Lipinski definition) is 2. The van der Waals surface area contributed by atoms with Gasteiger partial charge in [-0.15, -0.1) is 0 Å². The minimum absolute atomic E-state index is 0.00657. The van der Waals surface area contributed by atoms with Crippen molar-refractivity contribution in [3.05, 3.63) is 59.4 Å². The first-order valence-corrected chi connectivity index (χ1v) is 12.1. The fourth-order valence-corrected chi connectivity index (χ4v) is 5.18. The van der Waals surface area contributed by atoms with Gasteiger partial charge in [0.1, 0.15) is 28.4 Å². The molecule has 4 aromatic heterocycles. The number of pyridine rings is 1. The van der Waals surface area contributed by atoms with Crippen LogP contribution in [0, 0.1) is 5.92 Å². The standard InChI is InChI=1S/C25H23F3N8O/c1-2-3-5-14-22-30-10-11-36(22)12-15(31-14)20-33-19(29)18-21(34-20)35-23(37)24(18,13-8-9-13)16-6-4-7-17(32-16)25(26,27)28/h4,6-7,10-13H,2-3,5,8-9H2,1H3,(H3,29,33,34,35,37). The van der Waals surface area contributed by atoms with Crippen molar-refractivity contribution in [2.24, 2.45) is 5.92 Å². The Bertz CT molecular complexity index is 1540. The Morgan fingerprint density at radius 2 is 2.00 bits per heavy atom. The van der Waals surface area contributed by atoms with Crippen LogP contribution in [0.5, 0.6) is 0 Å². The van der Waals surface area contributed by atoms with E-state index in [1.165, 1.54) is 12.1 Å². The first-order valence-electron chi connectivity index (χ1n) is 12.1. The molecule has 4 aromatic rings. The van der Waals surface area contributed by atoms with Gasteiger partial charge in [-0.05, 0) is 43.7 Å². The van der Waals surface area contributed by atoms with E-state index in [4.69, 9.17) is 10.7 Å². The highest BCUT2D eigenvalue weighted by molar-refractivity contribution is 6.09. The van der Waals surface area contributed by atoms with Crippen LogP contribution < -0.4 is 11.1 Å².